The smallest absolute Gasteiger partial charge is 0.416 e. The van der Waals surface area contributed by atoms with Crippen LogP contribution in [0.1, 0.15) is 33.2 Å². The lowest BCUT2D eigenvalue weighted by molar-refractivity contribution is -0.137. The summed E-state index contributed by atoms with van der Waals surface area (Å²) in [5.41, 5.74) is 5.15. The van der Waals surface area contributed by atoms with E-state index in [-0.39, 0.29) is 17.8 Å². The summed E-state index contributed by atoms with van der Waals surface area (Å²) in [4.78, 5) is 36.4. The Morgan fingerprint density at radius 2 is 1.59 bits per heavy atom. The fraction of sp³-hybridized carbons (Fsp3) is 0.125. The number of rotatable bonds is 7. The molecule has 0 fully saturated rings. The van der Waals surface area contributed by atoms with Crippen molar-refractivity contribution in [1.82, 2.24) is 5.32 Å². The van der Waals surface area contributed by atoms with Crippen LogP contribution in [0.4, 0.5) is 23.7 Å². The van der Waals surface area contributed by atoms with Gasteiger partial charge in [0.05, 0.1) is 11.1 Å². The number of urea groups is 1. The largest absolute Gasteiger partial charge is 0.444 e. The lowest BCUT2D eigenvalue weighted by Crippen LogP contribution is -2.28. The highest BCUT2D eigenvalue weighted by atomic mass is 19.4. The molecule has 7 nitrogen and oxygen atoms in total. The number of nitrogens with two attached hydrogens (primary N) is 1. The summed E-state index contributed by atoms with van der Waals surface area (Å²) in [6.45, 7) is 0.163. The minimum absolute atomic E-state index is 0.0943. The van der Waals surface area contributed by atoms with Crippen LogP contribution in [0, 0.1) is 0 Å². The van der Waals surface area contributed by atoms with Crippen LogP contribution in [-0.4, -0.2) is 17.9 Å². The monoisotopic (exact) mass is 471 g/mol. The van der Waals surface area contributed by atoms with Crippen molar-refractivity contribution in [3.63, 3.8) is 0 Å². The number of anilines is 1. The van der Waals surface area contributed by atoms with E-state index in [1.165, 1.54) is 18.2 Å². The molecule has 4 N–H and O–H groups in total. The van der Waals surface area contributed by atoms with Crippen molar-refractivity contribution in [3.8, 4) is 0 Å². The first-order chi connectivity index (χ1) is 16.1. The summed E-state index contributed by atoms with van der Waals surface area (Å²) in [5, 5.41) is 4.79. The molecular weight excluding hydrogens is 451 g/mol. The van der Waals surface area contributed by atoms with E-state index in [4.69, 9.17) is 10.5 Å². The lowest BCUT2D eigenvalue weighted by atomic mass is 10.1. The molecule has 3 amide bonds. The molecule has 0 saturated carbocycles. The molecule has 34 heavy (non-hydrogen) atoms. The molecule has 0 bridgehead atoms. The lowest BCUT2D eigenvalue weighted by Gasteiger charge is -2.19. The van der Waals surface area contributed by atoms with Crippen molar-refractivity contribution in [2.75, 3.05) is 5.32 Å². The van der Waals surface area contributed by atoms with Gasteiger partial charge in [-0.15, -0.1) is 0 Å². The summed E-state index contributed by atoms with van der Waals surface area (Å²) in [6, 6.07) is 17.6. The highest BCUT2D eigenvalue weighted by molar-refractivity contribution is 5.98. The molecule has 3 aromatic rings. The summed E-state index contributed by atoms with van der Waals surface area (Å²) >= 11 is 0. The summed E-state index contributed by atoms with van der Waals surface area (Å²) in [5.74, 6) is -1.64. The molecule has 3 rings (SSSR count). The van der Waals surface area contributed by atoms with E-state index in [0.717, 1.165) is 18.2 Å². The SMILES string of the molecule is NC(=O)NCc1ccc(C(=O)OC(C(=O)Nc2cccc(C(F)(F)F)c2)c2ccccc2)cc1. The van der Waals surface area contributed by atoms with Crippen molar-refractivity contribution in [2.24, 2.45) is 5.73 Å². The van der Waals surface area contributed by atoms with Crippen molar-refractivity contribution >= 4 is 23.6 Å². The minimum Gasteiger partial charge on any atom is -0.444 e. The Kier molecular flexibility index (Phi) is 7.52. The molecule has 0 spiro atoms. The van der Waals surface area contributed by atoms with Crippen molar-refractivity contribution < 1.29 is 32.3 Å². The van der Waals surface area contributed by atoms with Gasteiger partial charge in [-0.05, 0) is 35.9 Å². The summed E-state index contributed by atoms with van der Waals surface area (Å²) in [6.07, 6.45) is -6.00. The Labute approximate surface area is 192 Å². The topological polar surface area (TPSA) is 111 Å². The van der Waals surface area contributed by atoms with Gasteiger partial charge in [-0.25, -0.2) is 9.59 Å². The number of benzene rings is 3. The summed E-state index contributed by atoms with van der Waals surface area (Å²) in [7, 11) is 0. The van der Waals surface area contributed by atoms with Gasteiger partial charge in [0.25, 0.3) is 5.91 Å². The fourth-order valence-corrected chi connectivity index (χ4v) is 3.00. The predicted octanol–water partition coefficient (Wildman–Crippen LogP) is 4.41. The van der Waals surface area contributed by atoms with E-state index >= 15 is 0 Å². The number of primary amides is 1. The number of hydrogen-bond donors (Lipinski definition) is 3. The van der Waals surface area contributed by atoms with E-state index in [0.29, 0.717) is 11.1 Å². The van der Waals surface area contributed by atoms with Gasteiger partial charge in [-0.1, -0.05) is 48.5 Å². The number of ether oxygens (including phenoxy) is 1. The second-order valence-electron chi connectivity index (χ2n) is 7.18. The molecule has 0 aliphatic heterocycles. The first kappa shape index (κ1) is 24.3. The second-order valence-corrected chi connectivity index (χ2v) is 7.18. The van der Waals surface area contributed by atoms with Crippen molar-refractivity contribution in [3.05, 3.63) is 101 Å². The van der Waals surface area contributed by atoms with Crippen LogP contribution in [0.5, 0.6) is 0 Å². The van der Waals surface area contributed by atoms with Gasteiger partial charge in [0, 0.05) is 17.8 Å². The quantitative estimate of drug-likeness (QED) is 0.443. The average molecular weight is 471 g/mol. The third-order valence-corrected chi connectivity index (χ3v) is 4.68. The Hall–Kier alpha value is -4.34. The minimum atomic E-state index is -4.58. The van der Waals surface area contributed by atoms with Gasteiger partial charge in [0.15, 0.2) is 0 Å². The van der Waals surface area contributed by atoms with Gasteiger partial charge in [0.1, 0.15) is 0 Å². The number of esters is 1. The van der Waals surface area contributed by atoms with Crippen LogP contribution in [0.15, 0.2) is 78.9 Å². The molecule has 3 aromatic carbocycles. The fourth-order valence-electron chi connectivity index (χ4n) is 3.00. The molecule has 0 aliphatic rings. The van der Waals surface area contributed by atoms with E-state index in [2.05, 4.69) is 10.6 Å². The highest BCUT2D eigenvalue weighted by Gasteiger charge is 2.31. The Bertz CT molecular complexity index is 1170. The van der Waals surface area contributed by atoms with Gasteiger partial charge in [-0.3, -0.25) is 4.79 Å². The highest BCUT2D eigenvalue weighted by Crippen LogP contribution is 2.31. The van der Waals surface area contributed by atoms with Crippen LogP contribution < -0.4 is 16.4 Å². The third kappa shape index (κ3) is 6.58. The maximum Gasteiger partial charge on any atom is 0.416 e. The molecular formula is C24H20F3N3O4. The number of amides is 3. The molecule has 0 aliphatic carbocycles. The van der Waals surface area contributed by atoms with Crippen LogP contribution in [-0.2, 0) is 22.3 Å². The van der Waals surface area contributed by atoms with Gasteiger partial charge >= 0.3 is 18.2 Å². The molecule has 10 heteroatoms. The Morgan fingerprint density at radius 3 is 2.21 bits per heavy atom. The zero-order chi connectivity index (χ0) is 24.7. The number of nitrogens with one attached hydrogen (secondary N) is 2. The van der Waals surface area contributed by atoms with Crippen LogP contribution in [0.2, 0.25) is 0 Å². The van der Waals surface area contributed by atoms with Crippen molar-refractivity contribution in [2.45, 2.75) is 18.8 Å². The van der Waals surface area contributed by atoms with E-state index < -0.39 is 35.8 Å². The van der Waals surface area contributed by atoms with Crippen LogP contribution in [0.3, 0.4) is 0 Å². The first-order valence-electron chi connectivity index (χ1n) is 10.00. The molecule has 176 valence electrons. The third-order valence-electron chi connectivity index (χ3n) is 4.68. The Morgan fingerprint density at radius 1 is 0.912 bits per heavy atom. The number of alkyl halides is 3. The van der Waals surface area contributed by atoms with Gasteiger partial charge in [0.2, 0.25) is 6.10 Å². The molecule has 1 unspecified atom stereocenters. The number of carbonyl (C=O) groups excluding carboxylic acids is 3. The van der Waals surface area contributed by atoms with E-state index in [9.17, 15) is 27.6 Å². The number of hydrogen-bond acceptors (Lipinski definition) is 4. The molecule has 0 radical (unpaired) electrons. The Balaban J connectivity index is 1.78. The molecule has 0 aromatic heterocycles. The molecule has 0 saturated heterocycles. The standard InChI is InChI=1S/C24H20F3N3O4/c25-24(26,27)18-7-4-8-19(13-18)30-21(31)20(16-5-2-1-3-6-16)34-22(32)17-11-9-15(10-12-17)14-29-23(28)33/h1-13,20H,14H2,(H,30,31)(H3,28,29,33). The number of halogens is 3. The normalized spacial score (nSPS) is 11.9. The summed E-state index contributed by atoms with van der Waals surface area (Å²) < 4.78 is 44.4. The second kappa shape index (κ2) is 10.5. The van der Waals surface area contributed by atoms with Crippen LogP contribution >= 0.6 is 0 Å². The van der Waals surface area contributed by atoms with Crippen LogP contribution in [0.25, 0.3) is 0 Å². The zero-order valence-electron chi connectivity index (χ0n) is 17.6. The maximum absolute atomic E-state index is 13.0. The van der Waals surface area contributed by atoms with Gasteiger partial charge < -0.3 is 21.1 Å². The van der Waals surface area contributed by atoms with E-state index in [1.54, 1.807) is 42.5 Å². The number of carbonyl (C=O) groups is 3. The zero-order valence-corrected chi connectivity index (χ0v) is 17.6. The van der Waals surface area contributed by atoms with E-state index in [1.807, 2.05) is 0 Å². The molecule has 0 heterocycles. The molecule has 1 atom stereocenters. The van der Waals surface area contributed by atoms with Crippen molar-refractivity contribution in [1.29, 1.82) is 0 Å². The first-order valence-corrected chi connectivity index (χ1v) is 10.00. The predicted molar refractivity (Wildman–Crippen MR) is 118 cm³/mol. The maximum atomic E-state index is 13.0. The van der Waals surface area contributed by atoms with Gasteiger partial charge in [-0.2, -0.15) is 13.2 Å². The average Bonchev–Trinajstić information content (AvgIpc) is 2.81.